The number of aryl methyl sites for hydroxylation is 1. The maximum atomic E-state index is 11.0. The highest BCUT2D eigenvalue weighted by Crippen LogP contribution is 2.16. The van der Waals surface area contributed by atoms with Crippen molar-refractivity contribution in [1.82, 2.24) is 9.97 Å². The third-order valence-electron chi connectivity index (χ3n) is 1.32. The Kier molecular flexibility index (Phi) is 3.09. The highest BCUT2D eigenvalue weighted by molar-refractivity contribution is 7.99. The number of nitrogens with zero attached hydrogens (tertiary/aromatic N) is 2. The lowest BCUT2D eigenvalue weighted by molar-refractivity contribution is 0.902. The second-order valence-electron chi connectivity index (χ2n) is 2.58. The van der Waals surface area contributed by atoms with Crippen molar-refractivity contribution in [2.45, 2.75) is 24.3 Å². The molecule has 0 saturated heterocycles. The van der Waals surface area contributed by atoms with Gasteiger partial charge in [0.05, 0.1) is 11.3 Å². The summed E-state index contributed by atoms with van der Waals surface area (Å²) in [5, 5.41) is 8.84. The van der Waals surface area contributed by atoms with Crippen LogP contribution < -0.4 is 5.56 Å². The van der Waals surface area contributed by atoms with Crippen LogP contribution in [0, 0.1) is 18.3 Å². The molecule has 0 aliphatic heterocycles. The molecule has 1 atom stereocenters. The average molecular weight is 195 g/mol. The summed E-state index contributed by atoms with van der Waals surface area (Å²) in [7, 11) is 0. The van der Waals surface area contributed by atoms with E-state index < -0.39 is 0 Å². The van der Waals surface area contributed by atoms with Crippen molar-refractivity contribution in [2.75, 3.05) is 0 Å². The number of nitrogens with one attached hydrogen (secondary N) is 1. The molecule has 0 saturated carbocycles. The van der Waals surface area contributed by atoms with Gasteiger partial charge in [0.1, 0.15) is 0 Å². The van der Waals surface area contributed by atoms with Gasteiger partial charge in [-0.05, 0) is 13.8 Å². The van der Waals surface area contributed by atoms with E-state index in [-0.39, 0.29) is 10.8 Å². The van der Waals surface area contributed by atoms with Gasteiger partial charge in [0.2, 0.25) is 0 Å². The van der Waals surface area contributed by atoms with Crippen molar-refractivity contribution in [3.63, 3.8) is 0 Å². The van der Waals surface area contributed by atoms with E-state index in [9.17, 15) is 4.79 Å². The second-order valence-corrected chi connectivity index (χ2v) is 3.91. The van der Waals surface area contributed by atoms with Gasteiger partial charge in [-0.25, -0.2) is 4.98 Å². The Balaban J connectivity index is 2.91. The summed E-state index contributed by atoms with van der Waals surface area (Å²) < 4.78 is 0. The molecule has 0 spiro atoms. The van der Waals surface area contributed by atoms with Gasteiger partial charge in [-0.2, -0.15) is 5.26 Å². The van der Waals surface area contributed by atoms with E-state index in [4.69, 9.17) is 5.26 Å². The Morgan fingerprint density at radius 1 is 1.77 bits per heavy atom. The Morgan fingerprint density at radius 2 is 2.46 bits per heavy atom. The predicted octanol–water partition coefficient (Wildman–Crippen LogP) is 1.08. The van der Waals surface area contributed by atoms with Crippen molar-refractivity contribution in [2.24, 2.45) is 0 Å². The lowest BCUT2D eigenvalue weighted by atomic mass is 10.5. The van der Waals surface area contributed by atoms with Crippen LogP contribution in [0.3, 0.4) is 0 Å². The number of hydrogen-bond donors (Lipinski definition) is 1. The van der Waals surface area contributed by atoms with Crippen molar-refractivity contribution in [3.8, 4) is 6.07 Å². The summed E-state index contributed by atoms with van der Waals surface area (Å²) in [5.41, 5.74) is 0.483. The van der Waals surface area contributed by atoms with Gasteiger partial charge < -0.3 is 4.98 Å². The summed E-state index contributed by atoms with van der Waals surface area (Å²) in [6.45, 7) is 3.50. The Morgan fingerprint density at radius 3 is 3.00 bits per heavy atom. The third-order valence-corrected chi connectivity index (χ3v) is 2.19. The standard InChI is InChI=1S/C8H9N3OS/c1-5-3-7(12)11-8(10-5)13-6(2)4-9/h3,6H,1-2H3,(H,10,11,12). The minimum atomic E-state index is -0.204. The van der Waals surface area contributed by atoms with Crippen LogP contribution in [0.25, 0.3) is 0 Å². The largest absolute Gasteiger partial charge is 0.301 e. The first-order chi connectivity index (χ1) is 6.11. The highest BCUT2D eigenvalue weighted by Gasteiger charge is 2.04. The maximum Gasteiger partial charge on any atom is 0.251 e. The fourth-order valence-electron chi connectivity index (χ4n) is 0.801. The normalized spacial score (nSPS) is 12.1. The number of aromatic amines is 1. The van der Waals surface area contributed by atoms with E-state index in [0.717, 1.165) is 0 Å². The van der Waals surface area contributed by atoms with Gasteiger partial charge in [0, 0.05) is 11.8 Å². The first-order valence-corrected chi connectivity index (χ1v) is 4.64. The van der Waals surface area contributed by atoms with E-state index in [1.165, 1.54) is 17.8 Å². The molecule has 1 rings (SSSR count). The maximum absolute atomic E-state index is 11.0. The van der Waals surface area contributed by atoms with Gasteiger partial charge in [-0.3, -0.25) is 4.79 Å². The second kappa shape index (κ2) is 4.10. The van der Waals surface area contributed by atoms with E-state index in [1.807, 2.05) is 0 Å². The zero-order valence-electron chi connectivity index (χ0n) is 7.37. The molecule has 5 heteroatoms. The topological polar surface area (TPSA) is 69.5 Å². The molecular formula is C8H9N3OS. The molecular weight excluding hydrogens is 186 g/mol. The molecule has 0 aliphatic rings. The van der Waals surface area contributed by atoms with Crippen LogP contribution in [0.4, 0.5) is 0 Å². The van der Waals surface area contributed by atoms with Crippen LogP contribution in [0.1, 0.15) is 12.6 Å². The summed E-state index contributed by atoms with van der Waals surface area (Å²) in [5.74, 6) is 0. The van der Waals surface area contributed by atoms with Crippen molar-refractivity contribution < 1.29 is 0 Å². The van der Waals surface area contributed by atoms with E-state index in [2.05, 4.69) is 16.0 Å². The number of rotatable bonds is 2. The molecule has 0 fully saturated rings. The van der Waals surface area contributed by atoms with Crippen LogP contribution in [0.5, 0.6) is 0 Å². The summed E-state index contributed by atoms with van der Waals surface area (Å²) >= 11 is 1.24. The van der Waals surface area contributed by atoms with E-state index in [0.29, 0.717) is 10.9 Å². The van der Waals surface area contributed by atoms with Gasteiger partial charge >= 0.3 is 0 Å². The van der Waals surface area contributed by atoms with Crippen LogP contribution >= 0.6 is 11.8 Å². The number of aromatic nitrogens is 2. The molecule has 1 heterocycles. The quantitative estimate of drug-likeness (QED) is 0.566. The molecule has 1 unspecified atom stereocenters. The lowest BCUT2D eigenvalue weighted by Gasteiger charge is -2.01. The molecule has 13 heavy (non-hydrogen) atoms. The number of hydrogen-bond acceptors (Lipinski definition) is 4. The molecule has 1 N–H and O–H groups in total. The molecule has 0 bridgehead atoms. The Labute approximate surface area is 80.0 Å². The van der Waals surface area contributed by atoms with E-state index >= 15 is 0 Å². The van der Waals surface area contributed by atoms with Crippen LogP contribution in [-0.4, -0.2) is 15.2 Å². The van der Waals surface area contributed by atoms with Crippen molar-refractivity contribution in [1.29, 1.82) is 5.26 Å². The first kappa shape index (κ1) is 9.81. The molecule has 68 valence electrons. The van der Waals surface area contributed by atoms with Gasteiger partial charge in [-0.15, -0.1) is 0 Å². The Hall–Kier alpha value is -1.28. The van der Waals surface area contributed by atoms with Crippen molar-refractivity contribution >= 4 is 11.8 Å². The molecule has 0 amide bonds. The fraction of sp³-hybridized carbons (Fsp3) is 0.375. The summed E-state index contributed by atoms with van der Waals surface area (Å²) in [6.07, 6.45) is 0. The lowest BCUT2D eigenvalue weighted by Crippen LogP contribution is -2.09. The third kappa shape index (κ3) is 2.92. The molecule has 1 aromatic heterocycles. The van der Waals surface area contributed by atoms with Gasteiger partial charge in [0.15, 0.2) is 5.16 Å². The highest BCUT2D eigenvalue weighted by atomic mass is 32.2. The van der Waals surface area contributed by atoms with E-state index in [1.54, 1.807) is 13.8 Å². The zero-order valence-corrected chi connectivity index (χ0v) is 8.18. The first-order valence-electron chi connectivity index (χ1n) is 3.76. The molecule has 1 aromatic rings. The van der Waals surface area contributed by atoms with Gasteiger partial charge in [-0.1, -0.05) is 11.8 Å². The fourth-order valence-corrected chi connectivity index (χ4v) is 1.55. The van der Waals surface area contributed by atoms with Crippen LogP contribution in [-0.2, 0) is 0 Å². The molecule has 0 aliphatic carbocycles. The van der Waals surface area contributed by atoms with Gasteiger partial charge in [0.25, 0.3) is 5.56 Å². The van der Waals surface area contributed by atoms with Crippen LogP contribution in [0.2, 0.25) is 0 Å². The number of H-pyrrole nitrogens is 1. The zero-order chi connectivity index (χ0) is 9.84. The molecule has 4 nitrogen and oxygen atoms in total. The monoisotopic (exact) mass is 195 g/mol. The summed E-state index contributed by atoms with van der Waals surface area (Å²) in [6, 6.07) is 3.47. The minimum Gasteiger partial charge on any atom is -0.301 e. The molecule has 0 aromatic carbocycles. The average Bonchev–Trinajstić information content (AvgIpc) is 2.02. The SMILES string of the molecule is Cc1cc(=O)[nH]c(SC(C)C#N)n1. The predicted molar refractivity (Wildman–Crippen MR) is 50.5 cm³/mol. The smallest absolute Gasteiger partial charge is 0.251 e. The number of nitriles is 1. The number of thioether (sulfide) groups is 1. The summed E-state index contributed by atoms with van der Waals surface area (Å²) in [4.78, 5) is 17.6. The molecule has 0 radical (unpaired) electrons. The van der Waals surface area contributed by atoms with Crippen molar-refractivity contribution in [3.05, 3.63) is 22.1 Å². The Bertz CT molecular complexity index is 393. The minimum absolute atomic E-state index is 0.180. The van der Waals surface area contributed by atoms with Crippen LogP contribution in [0.15, 0.2) is 16.0 Å².